The van der Waals surface area contributed by atoms with Crippen LogP contribution in [0.4, 0.5) is 0 Å². The van der Waals surface area contributed by atoms with Gasteiger partial charge in [-0.05, 0) is 44.5 Å². The first-order valence-corrected chi connectivity index (χ1v) is 8.67. The Balaban J connectivity index is 2.39. The Morgan fingerprint density at radius 1 is 1.15 bits per heavy atom. The fourth-order valence-corrected chi connectivity index (χ4v) is 2.77. The van der Waals surface area contributed by atoms with Gasteiger partial charge in [0.15, 0.2) is 0 Å². The second-order valence-corrected chi connectivity index (χ2v) is 5.69. The van der Waals surface area contributed by atoms with Gasteiger partial charge in [-0.1, -0.05) is 12.1 Å². The van der Waals surface area contributed by atoms with Crippen LogP contribution in [0.25, 0.3) is 6.08 Å². The van der Waals surface area contributed by atoms with Crippen molar-refractivity contribution in [2.45, 2.75) is 20.8 Å². The second kappa shape index (κ2) is 9.20. The molecular formula is C20H25NO5. The summed E-state index contributed by atoms with van der Waals surface area (Å²) in [7, 11) is 1.57. The van der Waals surface area contributed by atoms with Crippen molar-refractivity contribution in [1.29, 1.82) is 0 Å². The van der Waals surface area contributed by atoms with Crippen molar-refractivity contribution in [2.24, 2.45) is 0 Å². The van der Waals surface area contributed by atoms with E-state index < -0.39 is 5.97 Å². The lowest BCUT2D eigenvalue weighted by molar-refractivity contribution is -0.138. The number of carbonyl (C=O) groups is 2. The molecule has 0 N–H and O–H groups in total. The molecule has 0 fully saturated rings. The molecule has 0 radical (unpaired) electrons. The van der Waals surface area contributed by atoms with E-state index in [9.17, 15) is 9.59 Å². The van der Waals surface area contributed by atoms with Gasteiger partial charge >= 0.3 is 5.97 Å². The van der Waals surface area contributed by atoms with Crippen LogP contribution in [0.2, 0.25) is 0 Å². The van der Waals surface area contributed by atoms with Crippen LogP contribution < -0.4 is 4.74 Å². The number of hydrogen-bond acceptors (Lipinski definition) is 5. The van der Waals surface area contributed by atoms with Crippen molar-refractivity contribution in [3.63, 3.8) is 0 Å². The number of allylic oxidation sites excluding steroid dienone is 1. The van der Waals surface area contributed by atoms with Gasteiger partial charge in [0.25, 0.3) is 5.91 Å². The molecular weight excluding hydrogens is 334 g/mol. The number of rotatable bonds is 8. The minimum Gasteiger partial charge on any atom is -0.494 e. The lowest BCUT2D eigenvalue weighted by Gasteiger charge is -2.16. The predicted molar refractivity (Wildman–Crippen MR) is 98.5 cm³/mol. The molecule has 0 atom stereocenters. The van der Waals surface area contributed by atoms with Gasteiger partial charge in [0.2, 0.25) is 0 Å². The van der Waals surface area contributed by atoms with Gasteiger partial charge in [0.1, 0.15) is 5.75 Å². The van der Waals surface area contributed by atoms with Gasteiger partial charge in [0, 0.05) is 19.4 Å². The Labute approximate surface area is 154 Å². The number of benzene rings is 1. The SMILES string of the molecule is CCOC(=O)C1=C(C)N(CCOC)C(=O)/C1=C\c1ccc(OCC)cc1. The highest BCUT2D eigenvalue weighted by molar-refractivity contribution is 6.16. The molecule has 6 nitrogen and oxygen atoms in total. The zero-order chi connectivity index (χ0) is 19.1. The molecule has 0 aromatic heterocycles. The summed E-state index contributed by atoms with van der Waals surface area (Å²) in [5.41, 5.74) is 2.03. The van der Waals surface area contributed by atoms with Crippen LogP contribution in [-0.2, 0) is 19.1 Å². The summed E-state index contributed by atoms with van der Waals surface area (Å²) >= 11 is 0. The summed E-state index contributed by atoms with van der Waals surface area (Å²) in [5, 5.41) is 0. The lowest BCUT2D eigenvalue weighted by Crippen LogP contribution is -2.28. The standard InChI is InChI=1S/C20H25NO5/c1-5-25-16-9-7-15(8-10-16)13-17-18(20(23)26-6-2)14(3)21(19(17)22)11-12-24-4/h7-10,13H,5-6,11-12H2,1-4H3/b17-13-. The molecule has 1 heterocycles. The number of carbonyl (C=O) groups excluding carboxylic acids is 2. The smallest absolute Gasteiger partial charge is 0.340 e. The highest BCUT2D eigenvalue weighted by atomic mass is 16.5. The molecule has 0 saturated heterocycles. The Kier molecular flexibility index (Phi) is 6.97. The normalized spacial score (nSPS) is 15.8. The topological polar surface area (TPSA) is 65.1 Å². The van der Waals surface area contributed by atoms with E-state index in [1.54, 1.807) is 31.9 Å². The Bertz CT molecular complexity index is 718. The molecule has 140 valence electrons. The molecule has 0 saturated carbocycles. The molecule has 0 unspecified atom stereocenters. The van der Waals surface area contributed by atoms with Crippen LogP contribution >= 0.6 is 0 Å². The van der Waals surface area contributed by atoms with E-state index in [4.69, 9.17) is 14.2 Å². The lowest BCUT2D eigenvalue weighted by atomic mass is 10.0. The first-order valence-electron chi connectivity index (χ1n) is 8.67. The monoisotopic (exact) mass is 359 g/mol. The molecule has 0 bridgehead atoms. The van der Waals surface area contributed by atoms with E-state index in [2.05, 4.69) is 0 Å². The van der Waals surface area contributed by atoms with Crippen LogP contribution in [0.15, 0.2) is 41.1 Å². The maximum absolute atomic E-state index is 12.8. The molecule has 0 aliphatic carbocycles. The molecule has 1 aliphatic heterocycles. The summed E-state index contributed by atoms with van der Waals surface area (Å²) in [6.45, 7) is 7.00. The van der Waals surface area contributed by atoms with E-state index in [1.165, 1.54) is 0 Å². The maximum atomic E-state index is 12.8. The first kappa shape index (κ1) is 19.7. The molecule has 1 amide bonds. The van der Waals surface area contributed by atoms with Crippen molar-refractivity contribution >= 4 is 18.0 Å². The predicted octanol–water partition coefficient (Wildman–Crippen LogP) is 2.79. The van der Waals surface area contributed by atoms with E-state index in [-0.39, 0.29) is 12.5 Å². The number of amides is 1. The maximum Gasteiger partial charge on any atom is 0.340 e. The molecule has 2 rings (SSSR count). The van der Waals surface area contributed by atoms with Crippen LogP contribution in [0, 0.1) is 0 Å². The Morgan fingerprint density at radius 3 is 2.42 bits per heavy atom. The third-order valence-electron chi connectivity index (χ3n) is 4.01. The molecule has 6 heteroatoms. The third-order valence-corrected chi connectivity index (χ3v) is 4.01. The van der Waals surface area contributed by atoms with Gasteiger partial charge in [-0.15, -0.1) is 0 Å². The molecule has 1 aromatic carbocycles. The van der Waals surface area contributed by atoms with Crippen molar-refractivity contribution in [2.75, 3.05) is 33.5 Å². The average molecular weight is 359 g/mol. The Hall–Kier alpha value is -2.60. The van der Waals surface area contributed by atoms with Crippen LogP contribution in [0.5, 0.6) is 5.75 Å². The van der Waals surface area contributed by atoms with Gasteiger partial charge in [0.05, 0.1) is 31.0 Å². The number of hydrogen-bond donors (Lipinski definition) is 0. The number of ether oxygens (including phenoxy) is 3. The summed E-state index contributed by atoms with van der Waals surface area (Å²) in [5.74, 6) is 0.0402. The highest BCUT2D eigenvalue weighted by Crippen LogP contribution is 2.31. The van der Waals surface area contributed by atoms with E-state index in [0.717, 1.165) is 11.3 Å². The highest BCUT2D eigenvalue weighted by Gasteiger charge is 2.36. The second-order valence-electron chi connectivity index (χ2n) is 5.69. The van der Waals surface area contributed by atoms with Crippen LogP contribution in [0.3, 0.4) is 0 Å². The summed E-state index contributed by atoms with van der Waals surface area (Å²) < 4.78 is 15.6. The quantitative estimate of drug-likeness (QED) is 0.527. The van der Waals surface area contributed by atoms with Crippen molar-refractivity contribution < 1.29 is 23.8 Å². The number of methoxy groups -OCH3 is 1. The van der Waals surface area contributed by atoms with Gasteiger partial charge in [-0.25, -0.2) is 4.79 Å². The zero-order valence-corrected chi connectivity index (χ0v) is 15.7. The first-order chi connectivity index (χ1) is 12.5. The summed E-state index contributed by atoms with van der Waals surface area (Å²) in [6, 6.07) is 7.36. The van der Waals surface area contributed by atoms with Gasteiger partial charge < -0.3 is 19.1 Å². The van der Waals surface area contributed by atoms with E-state index >= 15 is 0 Å². The minimum absolute atomic E-state index is 0.225. The van der Waals surface area contributed by atoms with E-state index in [0.29, 0.717) is 36.6 Å². The van der Waals surface area contributed by atoms with Crippen molar-refractivity contribution in [1.82, 2.24) is 4.90 Å². The van der Waals surface area contributed by atoms with Gasteiger partial charge in [-0.3, -0.25) is 4.79 Å². The van der Waals surface area contributed by atoms with E-state index in [1.807, 2.05) is 31.2 Å². The fraction of sp³-hybridized carbons (Fsp3) is 0.400. The van der Waals surface area contributed by atoms with Crippen molar-refractivity contribution in [3.05, 3.63) is 46.7 Å². The number of esters is 1. The summed E-state index contributed by atoms with van der Waals surface area (Å²) in [6.07, 6.45) is 1.71. The van der Waals surface area contributed by atoms with Gasteiger partial charge in [-0.2, -0.15) is 0 Å². The largest absolute Gasteiger partial charge is 0.494 e. The zero-order valence-electron chi connectivity index (χ0n) is 15.7. The summed E-state index contributed by atoms with van der Waals surface area (Å²) in [4.78, 5) is 26.8. The molecule has 26 heavy (non-hydrogen) atoms. The fourth-order valence-electron chi connectivity index (χ4n) is 2.77. The molecule has 0 spiro atoms. The number of nitrogens with zero attached hydrogens (tertiary/aromatic N) is 1. The average Bonchev–Trinajstić information content (AvgIpc) is 2.85. The van der Waals surface area contributed by atoms with Crippen LogP contribution in [-0.4, -0.2) is 50.3 Å². The molecule has 1 aromatic rings. The van der Waals surface area contributed by atoms with Crippen molar-refractivity contribution in [3.8, 4) is 5.75 Å². The third kappa shape index (κ3) is 4.32. The Morgan fingerprint density at radius 2 is 1.85 bits per heavy atom. The van der Waals surface area contributed by atoms with Crippen LogP contribution in [0.1, 0.15) is 26.3 Å². The molecule has 1 aliphatic rings. The minimum atomic E-state index is -0.490.